The number of benzene rings is 1. The molecule has 132 valence electrons. The minimum absolute atomic E-state index is 0.0852. The number of likely N-dealkylation sites (N-methyl/N-ethyl adjacent to an activating group) is 1. The van der Waals surface area contributed by atoms with Crippen molar-refractivity contribution in [3.05, 3.63) is 41.6 Å². The van der Waals surface area contributed by atoms with E-state index in [0.717, 1.165) is 0 Å². The Morgan fingerprint density at radius 2 is 1.92 bits per heavy atom. The van der Waals surface area contributed by atoms with Crippen LogP contribution in [0.15, 0.2) is 36.5 Å². The van der Waals surface area contributed by atoms with Crippen molar-refractivity contribution in [2.45, 2.75) is 19.4 Å². The van der Waals surface area contributed by atoms with Crippen LogP contribution in [0.25, 0.3) is 0 Å². The van der Waals surface area contributed by atoms with Gasteiger partial charge in [-0.25, -0.2) is 0 Å². The van der Waals surface area contributed by atoms with Gasteiger partial charge in [0.05, 0.1) is 6.04 Å². The highest BCUT2D eigenvalue weighted by Crippen LogP contribution is 2.15. The summed E-state index contributed by atoms with van der Waals surface area (Å²) in [6, 6.07) is 6.52. The summed E-state index contributed by atoms with van der Waals surface area (Å²) in [7, 11) is 3.65. The lowest BCUT2D eigenvalue weighted by Gasteiger charge is -2.19. The van der Waals surface area contributed by atoms with Crippen molar-refractivity contribution in [1.82, 2.24) is 15.5 Å². The number of ether oxygens (including phenoxy) is 1. The van der Waals surface area contributed by atoms with Crippen LogP contribution in [0.5, 0.6) is 5.75 Å². The number of hydrogen-bond acceptors (Lipinski definition) is 4. The van der Waals surface area contributed by atoms with Gasteiger partial charge in [0.2, 0.25) is 5.91 Å². The minimum atomic E-state index is -0.246. The summed E-state index contributed by atoms with van der Waals surface area (Å²) in [5, 5.41) is 6.04. The predicted molar refractivity (Wildman–Crippen MR) is 95.0 cm³/mol. The topological polar surface area (TPSA) is 70.7 Å². The first kappa shape index (κ1) is 20.0. The molecule has 0 aliphatic rings. The molecule has 1 rings (SSSR count). The number of nitrogens with one attached hydrogen (secondary N) is 2. The van der Waals surface area contributed by atoms with Gasteiger partial charge < -0.3 is 15.4 Å². The quantitative estimate of drug-likeness (QED) is 0.710. The van der Waals surface area contributed by atoms with Crippen LogP contribution in [0.2, 0.25) is 5.02 Å². The largest absolute Gasteiger partial charge is 0.484 e. The molecule has 0 saturated heterocycles. The molecule has 0 unspecified atom stereocenters. The molecule has 0 spiro atoms. The van der Waals surface area contributed by atoms with E-state index in [-0.39, 0.29) is 24.5 Å². The summed E-state index contributed by atoms with van der Waals surface area (Å²) in [6.07, 6.45) is 0.457. The maximum Gasteiger partial charge on any atom is 0.257 e. The van der Waals surface area contributed by atoms with Crippen molar-refractivity contribution in [2.75, 3.05) is 27.2 Å². The van der Waals surface area contributed by atoms with E-state index in [0.29, 0.717) is 29.4 Å². The zero-order valence-electron chi connectivity index (χ0n) is 14.3. The summed E-state index contributed by atoms with van der Waals surface area (Å²) in [6.45, 7) is 5.88. The van der Waals surface area contributed by atoms with Crippen LogP contribution in [-0.2, 0) is 9.59 Å². The van der Waals surface area contributed by atoms with Gasteiger partial charge in [-0.1, -0.05) is 18.2 Å². The zero-order chi connectivity index (χ0) is 18.1. The molecule has 0 bridgehead atoms. The molecule has 0 fully saturated rings. The van der Waals surface area contributed by atoms with E-state index < -0.39 is 0 Å². The van der Waals surface area contributed by atoms with Gasteiger partial charge in [-0.15, -0.1) is 0 Å². The van der Waals surface area contributed by atoms with Gasteiger partial charge >= 0.3 is 0 Å². The molecule has 1 aromatic rings. The number of hydrogen-bond donors (Lipinski definition) is 2. The number of carbonyl (C=O) groups is 2. The van der Waals surface area contributed by atoms with Crippen LogP contribution in [0.4, 0.5) is 0 Å². The third-order valence-electron chi connectivity index (χ3n) is 3.39. The lowest BCUT2D eigenvalue weighted by atomic mass is 10.2. The molecule has 0 aliphatic carbocycles. The lowest BCUT2D eigenvalue weighted by molar-refractivity contribution is -0.124. The van der Waals surface area contributed by atoms with Crippen LogP contribution in [0, 0.1) is 0 Å². The highest BCUT2D eigenvalue weighted by atomic mass is 35.5. The van der Waals surface area contributed by atoms with Gasteiger partial charge in [0.1, 0.15) is 5.75 Å². The molecule has 0 aliphatic heterocycles. The fourth-order valence-electron chi connectivity index (χ4n) is 1.66. The van der Waals surface area contributed by atoms with Gasteiger partial charge in [0.25, 0.3) is 5.91 Å². The smallest absolute Gasteiger partial charge is 0.257 e. The number of amides is 2. The zero-order valence-corrected chi connectivity index (χ0v) is 15.0. The Balaban J connectivity index is 2.21. The fourth-order valence-corrected chi connectivity index (χ4v) is 1.79. The van der Waals surface area contributed by atoms with Crippen LogP contribution < -0.4 is 15.4 Å². The van der Waals surface area contributed by atoms with Crippen LogP contribution in [0.3, 0.4) is 0 Å². The van der Waals surface area contributed by atoms with Gasteiger partial charge in [-0.3, -0.25) is 14.5 Å². The Morgan fingerprint density at radius 3 is 2.50 bits per heavy atom. The lowest BCUT2D eigenvalue weighted by Crippen LogP contribution is -2.41. The third kappa shape index (κ3) is 7.48. The van der Waals surface area contributed by atoms with E-state index in [2.05, 4.69) is 17.2 Å². The first-order valence-electron chi connectivity index (χ1n) is 7.59. The Labute approximate surface area is 147 Å². The van der Waals surface area contributed by atoms with Gasteiger partial charge in [-0.05, 0) is 45.3 Å². The molecule has 0 aromatic heterocycles. The molecule has 0 radical (unpaired) electrons. The number of nitrogens with zero attached hydrogens (tertiary/aromatic N) is 1. The average Bonchev–Trinajstić information content (AvgIpc) is 2.53. The summed E-state index contributed by atoms with van der Waals surface area (Å²) in [5.74, 6) is 0.206. The maximum absolute atomic E-state index is 11.8. The molecule has 2 amide bonds. The van der Waals surface area contributed by atoms with E-state index in [4.69, 9.17) is 16.3 Å². The van der Waals surface area contributed by atoms with Gasteiger partial charge in [0.15, 0.2) is 6.61 Å². The second-order valence-corrected chi connectivity index (χ2v) is 6.01. The van der Waals surface area contributed by atoms with Gasteiger partial charge in [0, 0.05) is 23.7 Å². The van der Waals surface area contributed by atoms with Crippen molar-refractivity contribution in [1.29, 1.82) is 0 Å². The van der Waals surface area contributed by atoms with Crippen molar-refractivity contribution in [3.63, 3.8) is 0 Å². The molecule has 2 N–H and O–H groups in total. The Morgan fingerprint density at radius 1 is 1.29 bits per heavy atom. The number of rotatable bonds is 9. The molecule has 1 atom stereocenters. The fraction of sp³-hybridized carbons (Fsp3) is 0.412. The first-order chi connectivity index (χ1) is 11.3. The van der Waals surface area contributed by atoms with Crippen molar-refractivity contribution < 1.29 is 14.3 Å². The third-order valence-corrected chi connectivity index (χ3v) is 3.64. The number of carbonyl (C=O) groups excluding carboxylic acids is 2. The molecule has 0 heterocycles. The summed E-state index contributed by atoms with van der Waals surface area (Å²) in [4.78, 5) is 25.3. The second kappa shape index (κ2) is 9.95. The SMILES string of the molecule is C=C(CCNC(=O)COc1ccc(Cl)cc1)NC(=O)[C@H](C)N(C)C. The van der Waals surface area contributed by atoms with Crippen LogP contribution >= 0.6 is 11.6 Å². The highest BCUT2D eigenvalue weighted by molar-refractivity contribution is 6.30. The minimum Gasteiger partial charge on any atom is -0.484 e. The molecular weight excluding hydrogens is 330 g/mol. The second-order valence-electron chi connectivity index (χ2n) is 5.57. The summed E-state index contributed by atoms with van der Waals surface area (Å²) < 4.78 is 5.33. The summed E-state index contributed by atoms with van der Waals surface area (Å²) >= 11 is 5.77. The van der Waals surface area contributed by atoms with E-state index >= 15 is 0 Å². The first-order valence-corrected chi connectivity index (χ1v) is 7.97. The van der Waals surface area contributed by atoms with E-state index in [1.165, 1.54) is 0 Å². The molecule has 6 nitrogen and oxygen atoms in total. The maximum atomic E-state index is 11.8. The standard InChI is InChI=1S/C17H24ClN3O3/c1-12(20-17(23)13(2)21(3)4)9-10-19-16(22)11-24-15-7-5-14(18)6-8-15/h5-8,13H,1,9-11H2,2-4H3,(H,19,22)(H,20,23)/t13-/m0/s1. The van der Waals surface area contributed by atoms with Crippen molar-refractivity contribution in [3.8, 4) is 5.75 Å². The normalized spacial score (nSPS) is 11.7. The molecule has 7 heteroatoms. The van der Waals surface area contributed by atoms with Gasteiger partial charge in [-0.2, -0.15) is 0 Å². The van der Waals surface area contributed by atoms with E-state index in [1.54, 1.807) is 36.1 Å². The Bertz CT molecular complexity index is 573. The average molecular weight is 354 g/mol. The molecular formula is C17H24ClN3O3. The van der Waals surface area contributed by atoms with E-state index in [9.17, 15) is 9.59 Å². The summed E-state index contributed by atoms with van der Waals surface area (Å²) in [5.41, 5.74) is 0.563. The van der Waals surface area contributed by atoms with Crippen LogP contribution in [-0.4, -0.2) is 50.0 Å². The monoisotopic (exact) mass is 353 g/mol. The Hall–Kier alpha value is -2.05. The Kier molecular flexibility index (Phi) is 8.29. The number of halogens is 1. The van der Waals surface area contributed by atoms with Crippen LogP contribution in [0.1, 0.15) is 13.3 Å². The van der Waals surface area contributed by atoms with Crippen molar-refractivity contribution >= 4 is 23.4 Å². The van der Waals surface area contributed by atoms with E-state index in [1.807, 2.05) is 14.1 Å². The molecule has 1 aromatic carbocycles. The highest BCUT2D eigenvalue weighted by Gasteiger charge is 2.15. The predicted octanol–water partition coefficient (Wildman–Crippen LogP) is 1.81. The molecule has 0 saturated carbocycles. The van der Waals surface area contributed by atoms with Crippen molar-refractivity contribution in [2.24, 2.45) is 0 Å². The molecule has 24 heavy (non-hydrogen) atoms.